The summed E-state index contributed by atoms with van der Waals surface area (Å²) in [5, 5.41) is 10.3. The molecule has 3 heteroatoms. The van der Waals surface area contributed by atoms with E-state index in [1.165, 1.54) is 0 Å². The Balaban J connectivity index is 2.94. The molecular weight excluding hydrogens is 157 g/mol. The fourth-order valence-electron chi connectivity index (χ4n) is 1.17. The zero-order valence-corrected chi connectivity index (χ0v) is 7.01. The quantitative estimate of drug-likeness (QED) is 0.593. The summed E-state index contributed by atoms with van der Waals surface area (Å²) in [5.74, 6) is 0.337. The fourth-order valence-corrected chi connectivity index (χ4v) is 1.48. The largest absolute Gasteiger partial charge is 0.507 e. The molecule has 0 aliphatic rings. The third kappa shape index (κ3) is 0.908. The third-order valence-electron chi connectivity index (χ3n) is 1.74. The van der Waals surface area contributed by atoms with Gasteiger partial charge in [-0.3, -0.25) is 0 Å². The Morgan fingerprint density at radius 3 is 2.82 bits per heavy atom. The lowest BCUT2D eigenvalue weighted by Crippen LogP contribution is -1.73. The summed E-state index contributed by atoms with van der Waals surface area (Å²) >= 11 is 0. The lowest BCUT2D eigenvalue weighted by atomic mass is 10.2. The molecule has 0 spiro atoms. The van der Waals surface area contributed by atoms with Crippen molar-refractivity contribution < 1.29 is 5.11 Å². The maximum Gasteiger partial charge on any atom is 0.124 e. The molecule has 56 valence electrons. The van der Waals surface area contributed by atoms with E-state index in [9.17, 15) is 5.11 Å². The number of aromatic nitrogens is 1. The van der Waals surface area contributed by atoms with Crippen molar-refractivity contribution in [2.24, 2.45) is 0 Å². The summed E-state index contributed by atoms with van der Waals surface area (Å²) in [6.07, 6.45) is 1.90. The topological polar surface area (TPSA) is 25.2 Å². The molecule has 1 unspecified atom stereocenters. The van der Waals surface area contributed by atoms with Crippen LogP contribution in [0.1, 0.15) is 0 Å². The van der Waals surface area contributed by atoms with Gasteiger partial charge in [-0.1, -0.05) is 6.07 Å². The molecule has 1 N–H and O–H groups in total. The first kappa shape index (κ1) is 6.68. The van der Waals surface area contributed by atoms with E-state index in [0.29, 0.717) is 5.75 Å². The number of benzene rings is 1. The molecule has 0 aliphatic carbocycles. The highest BCUT2D eigenvalue weighted by molar-refractivity contribution is 7.14. The van der Waals surface area contributed by atoms with E-state index in [0.717, 1.165) is 10.9 Å². The van der Waals surface area contributed by atoms with Crippen molar-refractivity contribution in [2.75, 3.05) is 0 Å². The van der Waals surface area contributed by atoms with Crippen LogP contribution in [0.5, 0.6) is 5.75 Å². The zero-order valence-electron chi connectivity index (χ0n) is 5.86. The van der Waals surface area contributed by atoms with Gasteiger partial charge in [-0.2, -0.15) is 0 Å². The van der Waals surface area contributed by atoms with E-state index in [1.807, 2.05) is 28.7 Å². The number of hydrogen-bond acceptors (Lipinski definition) is 1. The van der Waals surface area contributed by atoms with Crippen molar-refractivity contribution in [3.8, 4) is 5.75 Å². The van der Waals surface area contributed by atoms with Crippen LogP contribution in [-0.2, 0) is 0 Å². The van der Waals surface area contributed by atoms with Crippen molar-refractivity contribution in [1.82, 2.24) is 4.34 Å². The van der Waals surface area contributed by atoms with Crippen molar-refractivity contribution in [2.45, 2.75) is 0 Å². The second-order valence-corrected chi connectivity index (χ2v) is 2.99. The van der Waals surface area contributed by atoms with Crippen LogP contribution in [0.15, 0.2) is 30.5 Å². The molecule has 0 saturated heterocycles. The molecule has 0 aliphatic heterocycles. The highest BCUT2D eigenvalue weighted by Gasteiger charge is 1.99. The van der Waals surface area contributed by atoms with Crippen LogP contribution in [0.25, 0.3) is 10.9 Å². The van der Waals surface area contributed by atoms with Crippen LogP contribution in [0, 0.1) is 0 Å². The second-order valence-electron chi connectivity index (χ2n) is 2.43. The maximum absolute atomic E-state index is 9.36. The number of rotatable bonds is 0. The molecule has 0 radical (unpaired) electrons. The van der Waals surface area contributed by atoms with Crippen LogP contribution < -0.4 is 0 Å². The van der Waals surface area contributed by atoms with E-state index in [4.69, 9.17) is 0 Å². The predicted octanol–water partition coefficient (Wildman–Crippen LogP) is 1.99. The van der Waals surface area contributed by atoms with Gasteiger partial charge in [0.15, 0.2) is 0 Å². The number of aromatic hydroxyl groups is 1. The molecule has 1 atom stereocenters. The minimum absolute atomic E-state index is 0.337. The number of phenolic OH excluding ortho intramolecular Hbond substituents is 1. The van der Waals surface area contributed by atoms with Crippen LogP contribution >= 0.6 is 9.39 Å². The molecule has 11 heavy (non-hydrogen) atoms. The molecule has 0 bridgehead atoms. The van der Waals surface area contributed by atoms with E-state index < -0.39 is 0 Å². The fraction of sp³-hybridized carbons (Fsp3) is 0. The molecule has 2 aromatic rings. The number of nitrogens with zero attached hydrogens (tertiary/aromatic N) is 1. The van der Waals surface area contributed by atoms with Crippen molar-refractivity contribution in [3.05, 3.63) is 30.5 Å². The number of fused-ring (bicyclic) bond motifs is 1. The van der Waals surface area contributed by atoms with Gasteiger partial charge >= 0.3 is 0 Å². The van der Waals surface area contributed by atoms with Gasteiger partial charge in [-0.15, -0.1) is 0 Å². The monoisotopic (exact) mass is 165 g/mol. The number of hydrogen-bond donors (Lipinski definition) is 1. The second kappa shape index (κ2) is 2.24. The SMILES string of the molecule is Oc1cccc2c1ccn2P. The summed E-state index contributed by atoms with van der Waals surface area (Å²) in [7, 11) is 2.56. The highest BCUT2D eigenvalue weighted by Crippen LogP contribution is 2.25. The minimum Gasteiger partial charge on any atom is -0.507 e. The molecule has 0 fully saturated rings. The average Bonchev–Trinajstić information content (AvgIpc) is 2.35. The Morgan fingerprint density at radius 2 is 2.09 bits per heavy atom. The van der Waals surface area contributed by atoms with Gasteiger partial charge in [0.2, 0.25) is 0 Å². The smallest absolute Gasteiger partial charge is 0.124 e. The molecule has 0 saturated carbocycles. The Kier molecular flexibility index (Phi) is 1.36. The van der Waals surface area contributed by atoms with Gasteiger partial charge < -0.3 is 9.44 Å². The zero-order chi connectivity index (χ0) is 7.84. The number of phenols is 1. The summed E-state index contributed by atoms with van der Waals surface area (Å²) < 4.78 is 1.90. The van der Waals surface area contributed by atoms with Crippen LogP contribution in [0.4, 0.5) is 0 Å². The average molecular weight is 165 g/mol. The van der Waals surface area contributed by atoms with E-state index in [1.54, 1.807) is 6.07 Å². The molecule has 2 rings (SSSR count). The van der Waals surface area contributed by atoms with Gasteiger partial charge in [-0.25, -0.2) is 0 Å². The standard InChI is InChI=1S/C8H8NOP/c10-8-3-1-2-7-6(8)4-5-9(7)11/h1-5,10H,11H2. The Hall–Kier alpha value is -1.01. The molecule has 0 amide bonds. The van der Waals surface area contributed by atoms with Crippen LogP contribution in [0.2, 0.25) is 0 Å². The van der Waals surface area contributed by atoms with Crippen molar-refractivity contribution in [3.63, 3.8) is 0 Å². The molecule has 1 heterocycles. The summed E-state index contributed by atoms with van der Waals surface area (Å²) in [4.78, 5) is 0. The molecule has 1 aromatic carbocycles. The molecular formula is C8H8NOP. The molecule has 2 nitrogen and oxygen atoms in total. The Morgan fingerprint density at radius 1 is 1.27 bits per heavy atom. The van der Waals surface area contributed by atoms with Gasteiger partial charge in [0.05, 0.1) is 5.52 Å². The van der Waals surface area contributed by atoms with Crippen LogP contribution in [0.3, 0.4) is 0 Å². The molecule has 1 aromatic heterocycles. The van der Waals surface area contributed by atoms with Gasteiger partial charge in [-0.05, 0) is 27.6 Å². The minimum atomic E-state index is 0.337. The maximum atomic E-state index is 9.36. The lowest BCUT2D eigenvalue weighted by molar-refractivity contribution is 0.481. The van der Waals surface area contributed by atoms with Gasteiger partial charge in [0.1, 0.15) is 5.75 Å². The first-order chi connectivity index (χ1) is 5.29. The summed E-state index contributed by atoms with van der Waals surface area (Å²) in [6, 6.07) is 7.37. The van der Waals surface area contributed by atoms with Gasteiger partial charge in [0, 0.05) is 11.6 Å². The normalized spacial score (nSPS) is 10.6. The predicted molar refractivity (Wildman–Crippen MR) is 48.7 cm³/mol. The van der Waals surface area contributed by atoms with Crippen LogP contribution in [-0.4, -0.2) is 9.44 Å². The lowest BCUT2D eigenvalue weighted by Gasteiger charge is -1.95. The van der Waals surface area contributed by atoms with Gasteiger partial charge in [0.25, 0.3) is 0 Å². The highest BCUT2D eigenvalue weighted by atomic mass is 31.0. The Labute approximate surface area is 66.7 Å². The Bertz CT molecular complexity index is 394. The summed E-state index contributed by atoms with van der Waals surface area (Å²) in [6.45, 7) is 0. The third-order valence-corrected chi connectivity index (χ3v) is 2.19. The first-order valence-electron chi connectivity index (χ1n) is 3.33. The van der Waals surface area contributed by atoms with Crippen molar-refractivity contribution >= 4 is 20.3 Å². The first-order valence-corrected chi connectivity index (χ1v) is 3.85. The van der Waals surface area contributed by atoms with E-state index in [2.05, 4.69) is 9.39 Å². The van der Waals surface area contributed by atoms with E-state index >= 15 is 0 Å². The summed E-state index contributed by atoms with van der Waals surface area (Å²) in [5.41, 5.74) is 1.02. The van der Waals surface area contributed by atoms with E-state index in [-0.39, 0.29) is 0 Å². The van der Waals surface area contributed by atoms with Crippen molar-refractivity contribution in [1.29, 1.82) is 0 Å².